The zero-order chi connectivity index (χ0) is 18.1. The molecule has 2 aliphatic carbocycles. The topological polar surface area (TPSA) is 104 Å². The van der Waals surface area contributed by atoms with E-state index in [1.54, 1.807) is 6.92 Å². The van der Waals surface area contributed by atoms with E-state index >= 15 is 0 Å². The summed E-state index contributed by atoms with van der Waals surface area (Å²) in [5.41, 5.74) is 2.31. The van der Waals surface area contributed by atoms with Crippen LogP contribution in [0.4, 0.5) is 0 Å². The Bertz CT molecular complexity index is 867. The zero-order valence-electron chi connectivity index (χ0n) is 15.1. The summed E-state index contributed by atoms with van der Waals surface area (Å²) in [5.74, 6) is 1.45. The lowest BCUT2D eigenvalue weighted by molar-refractivity contribution is 0.331. The molecule has 0 N–H and O–H groups in total. The average molecular weight is 379 g/mol. The first-order valence-electron chi connectivity index (χ1n) is 9.51. The molecule has 1 saturated carbocycles. The van der Waals surface area contributed by atoms with Gasteiger partial charge in [0.25, 0.3) is 0 Å². The van der Waals surface area contributed by atoms with E-state index in [1.807, 2.05) is 0 Å². The Balaban J connectivity index is 1.46. The minimum Gasteiger partial charge on any atom is -0.339 e. The van der Waals surface area contributed by atoms with Crippen molar-refractivity contribution in [2.24, 2.45) is 0 Å². The summed E-state index contributed by atoms with van der Waals surface area (Å²) in [6.45, 7) is 1.65. The van der Waals surface area contributed by atoms with Gasteiger partial charge in [0.15, 0.2) is 5.82 Å². The van der Waals surface area contributed by atoms with Crippen molar-refractivity contribution in [1.29, 1.82) is 0 Å². The van der Waals surface area contributed by atoms with Gasteiger partial charge < -0.3 is 4.52 Å². The summed E-state index contributed by atoms with van der Waals surface area (Å²) in [4.78, 5) is 4.46. The van der Waals surface area contributed by atoms with Gasteiger partial charge in [-0.3, -0.25) is 0 Å². The van der Waals surface area contributed by atoms with Crippen molar-refractivity contribution in [3.8, 4) is 0 Å². The third kappa shape index (κ3) is 3.54. The van der Waals surface area contributed by atoms with Crippen molar-refractivity contribution in [3.05, 3.63) is 23.1 Å². The number of rotatable bonds is 6. The average Bonchev–Trinajstić information content (AvgIpc) is 3.38. The van der Waals surface area contributed by atoms with Gasteiger partial charge in [-0.15, -0.1) is 5.10 Å². The van der Waals surface area contributed by atoms with Crippen LogP contribution in [0.25, 0.3) is 0 Å². The minimum absolute atomic E-state index is 0.0651. The monoisotopic (exact) mass is 379 g/mol. The number of aryl methyl sites for hydroxylation is 2. The van der Waals surface area contributed by atoms with Crippen LogP contribution in [0.1, 0.15) is 74.1 Å². The van der Waals surface area contributed by atoms with Crippen LogP contribution < -0.4 is 0 Å². The predicted molar refractivity (Wildman–Crippen MR) is 94.6 cm³/mol. The van der Waals surface area contributed by atoms with Crippen LogP contribution >= 0.6 is 0 Å². The second kappa shape index (κ2) is 7.09. The van der Waals surface area contributed by atoms with Gasteiger partial charge in [0.05, 0.1) is 23.2 Å². The van der Waals surface area contributed by atoms with Gasteiger partial charge in [0.2, 0.25) is 5.89 Å². The molecule has 26 heavy (non-hydrogen) atoms. The predicted octanol–water partition coefficient (Wildman–Crippen LogP) is 2.03. The summed E-state index contributed by atoms with van der Waals surface area (Å²) in [7, 11) is -3.02. The summed E-state index contributed by atoms with van der Waals surface area (Å²) in [6, 6.07) is 0.475. The fraction of sp³-hybridized carbons (Fsp3) is 0.765. The highest BCUT2D eigenvalue weighted by Gasteiger charge is 2.31. The number of nitrogens with zero attached hydrogens (tertiary/aromatic N) is 5. The highest BCUT2D eigenvalue weighted by atomic mass is 32.2. The van der Waals surface area contributed by atoms with Crippen molar-refractivity contribution in [2.75, 3.05) is 11.5 Å². The first kappa shape index (κ1) is 17.6. The summed E-state index contributed by atoms with van der Waals surface area (Å²) in [5, 5.41) is 12.8. The van der Waals surface area contributed by atoms with Gasteiger partial charge in [-0.05, 0) is 25.7 Å². The van der Waals surface area contributed by atoms with Crippen LogP contribution in [-0.4, -0.2) is 45.1 Å². The minimum atomic E-state index is -3.02. The fourth-order valence-electron chi connectivity index (χ4n) is 3.98. The molecule has 0 saturated heterocycles. The van der Waals surface area contributed by atoms with Crippen LogP contribution in [-0.2, 0) is 29.1 Å². The largest absolute Gasteiger partial charge is 0.339 e. The Hall–Kier alpha value is -1.77. The van der Waals surface area contributed by atoms with E-state index in [9.17, 15) is 8.42 Å². The molecule has 9 heteroatoms. The quantitative estimate of drug-likeness (QED) is 0.756. The molecule has 0 aliphatic heterocycles. The molecule has 0 aromatic carbocycles. The van der Waals surface area contributed by atoms with Crippen LogP contribution in [0, 0.1) is 0 Å². The number of fused-ring (bicyclic) bond motifs is 1. The SMILES string of the molecule is CCS(=O)(=O)CCc1noc(C2CCc3nnn(C4CCCC4)c3C2)n1. The maximum atomic E-state index is 11.6. The van der Waals surface area contributed by atoms with E-state index in [2.05, 4.69) is 25.1 Å². The Kier molecular flexibility index (Phi) is 4.81. The molecule has 1 atom stereocenters. The number of aromatic nitrogens is 5. The highest BCUT2D eigenvalue weighted by Crippen LogP contribution is 2.35. The van der Waals surface area contributed by atoms with E-state index in [0.717, 1.165) is 25.0 Å². The summed E-state index contributed by atoms with van der Waals surface area (Å²) >= 11 is 0. The third-order valence-electron chi connectivity index (χ3n) is 5.62. The lowest BCUT2D eigenvalue weighted by Gasteiger charge is -2.21. The molecule has 8 nitrogen and oxygen atoms in total. The lowest BCUT2D eigenvalue weighted by atomic mass is 9.89. The van der Waals surface area contributed by atoms with Gasteiger partial charge >= 0.3 is 0 Å². The van der Waals surface area contributed by atoms with Gasteiger partial charge in [-0.25, -0.2) is 13.1 Å². The highest BCUT2D eigenvalue weighted by molar-refractivity contribution is 7.91. The standard InChI is InChI=1S/C17H25N5O3S/c1-2-26(23,24)10-9-16-18-17(25-20-16)12-7-8-14-15(11-12)22(21-19-14)13-5-3-4-6-13/h12-13H,2-11H2,1H3. The third-order valence-corrected chi connectivity index (χ3v) is 7.33. The molecule has 2 heterocycles. The molecule has 0 amide bonds. The molecule has 2 aromatic heterocycles. The first-order chi connectivity index (χ1) is 12.6. The van der Waals surface area contributed by atoms with Crippen molar-refractivity contribution in [2.45, 2.75) is 70.3 Å². The Labute approximate surface area is 153 Å². The zero-order valence-corrected chi connectivity index (χ0v) is 15.9. The molecular formula is C17H25N5O3S. The molecule has 4 rings (SSSR count). The molecule has 0 spiro atoms. The summed E-state index contributed by atoms with van der Waals surface area (Å²) < 4.78 is 30.9. The van der Waals surface area contributed by atoms with Crippen LogP contribution in [0.5, 0.6) is 0 Å². The first-order valence-corrected chi connectivity index (χ1v) is 11.3. The maximum Gasteiger partial charge on any atom is 0.230 e. The van der Waals surface area contributed by atoms with E-state index in [4.69, 9.17) is 4.52 Å². The van der Waals surface area contributed by atoms with E-state index in [0.29, 0.717) is 24.2 Å². The number of hydrogen-bond donors (Lipinski definition) is 0. The number of hydrogen-bond acceptors (Lipinski definition) is 7. The van der Waals surface area contributed by atoms with Gasteiger partial charge in [-0.2, -0.15) is 4.98 Å². The van der Waals surface area contributed by atoms with Crippen molar-refractivity contribution in [3.63, 3.8) is 0 Å². The molecule has 0 bridgehead atoms. The molecule has 2 aromatic rings. The smallest absolute Gasteiger partial charge is 0.230 e. The second-order valence-corrected chi connectivity index (χ2v) is 9.81. The molecule has 1 unspecified atom stereocenters. The van der Waals surface area contributed by atoms with Crippen LogP contribution in [0.3, 0.4) is 0 Å². The molecule has 0 radical (unpaired) electrons. The van der Waals surface area contributed by atoms with Gasteiger partial charge in [0, 0.05) is 24.5 Å². The molecule has 142 valence electrons. The number of sulfone groups is 1. The Morgan fingerprint density at radius 3 is 2.81 bits per heavy atom. The normalized spacial score (nSPS) is 21.2. The van der Waals surface area contributed by atoms with Crippen molar-refractivity contribution < 1.29 is 12.9 Å². The van der Waals surface area contributed by atoms with Gasteiger partial charge in [-0.1, -0.05) is 30.1 Å². The van der Waals surface area contributed by atoms with E-state index in [-0.39, 0.29) is 17.4 Å². The van der Waals surface area contributed by atoms with E-state index < -0.39 is 9.84 Å². The van der Waals surface area contributed by atoms with E-state index in [1.165, 1.54) is 31.4 Å². The van der Waals surface area contributed by atoms with Crippen LogP contribution in [0.2, 0.25) is 0 Å². The van der Waals surface area contributed by atoms with Gasteiger partial charge in [0.1, 0.15) is 9.84 Å². The summed E-state index contributed by atoms with van der Waals surface area (Å²) in [6.07, 6.45) is 7.77. The Morgan fingerprint density at radius 1 is 1.23 bits per heavy atom. The van der Waals surface area contributed by atoms with Crippen LogP contribution in [0.15, 0.2) is 4.52 Å². The lowest BCUT2D eigenvalue weighted by Crippen LogP contribution is -2.18. The fourth-order valence-corrected chi connectivity index (χ4v) is 4.76. The van der Waals surface area contributed by atoms with Crippen molar-refractivity contribution in [1.82, 2.24) is 25.1 Å². The van der Waals surface area contributed by atoms with Crippen molar-refractivity contribution >= 4 is 9.84 Å². The molecule has 2 aliphatic rings. The molecule has 1 fully saturated rings. The maximum absolute atomic E-state index is 11.6. The Morgan fingerprint density at radius 2 is 2.04 bits per heavy atom. The second-order valence-electron chi connectivity index (χ2n) is 7.34. The molecular weight excluding hydrogens is 354 g/mol.